The Labute approximate surface area is 186 Å². The Kier molecular flexibility index (Phi) is 6.05. The summed E-state index contributed by atoms with van der Waals surface area (Å²) in [5.41, 5.74) is 3.67. The first-order chi connectivity index (χ1) is 15.0. The molecule has 4 rings (SSSR count). The number of hydrogen-bond acceptors (Lipinski definition) is 4. The van der Waals surface area contributed by atoms with Crippen molar-refractivity contribution in [2.75, 3.05) is 6.54 Å². The molecule has 1 aliphatic rings. The number of aryl methyl sites for hydroxylation is 2. The third-order valence-electron chi connectivity index (χ3n) is 5.51. The largest absolute Gasteiger partial charge is 0.294 e. The molecule has 1 atom stereocenters. The first-order valence-corrected chi connectivity index (χ1v) is 11.1. The minimum Gasteiger partial charge on any atom is -0.294 e. The minimum atomic E-state index is -0.484. The first kappa shape index (κ1) is 21.1. The summed E-state index contributed by atoms with van der Waals surface area (Å²) in [6, 6.07) is 19.7. The van der Waals surface area contributed by atoms with Crippen LogP contribution in [-0.2, 0) is 4.79 Å². The number of carbonyl (C=O) groups excluding carboxylic acids is 2. The average molecular weight is 429 g/mol. The number of hydrogen-bond donors (Lipinski definition) is 0. The van der Waals surface area contributed by atoms with Crippen LogP contribution in [0.1, 0.15) is 27.9 Å². The Morgan fingerprint density at radius 1 is 1.10 bits per heavy atom. The maximum atomic E-state index is 13.1. The van der Waals surface area contributed by atoms with Gasteiger partial charge in [-0.25, -0.2) is 4.99 Å². The van der Waals surface area contributed by atoms with E-state index in [9.17, 15) is 9.59 Å². The molecule has 0 aliphatic carbocycles. The molecule has 1 amide bonds. The lowest BCUT2D eigenvalue weighted by Gasteiger charge is -2.14. The zero-order valence-corrected chi connectivity index (χ0v) is 18.5. The fourth-order valence-electron chi connectivity index (χ4n) is 3.63. The van der Waals surface area contributed by atoms with Crippen molar-refractivity contribution in [3.05, 3.63) is 90.0 Å². The molecule has 1 aliphatic heterocycles. The highest BCUT2D eigenvalue weighted by Crippen LogP contribution is 2.34. The van der Waals surface area contributed by atoms with E-state index in [0.717, 1.165) is 27.6 Å². The lowest BCUT2D eigenvalue weighted by molar-refractivity contribution is -0.125. The molecular weight excluding hydrogens is 404 g/mol. The third kappa shape index (κ3) is 4.32. The van der Waals surface area contributed by atoms with Crippen molar-refractivity contribution in [2.24, 2.45) is 4.99 Å². The van der Waals surface area contributed by atoms with Gasteiger partial charge in [0.15, 0.2) is 11.0 Å². The minimum absolute atomic E-state index is 0.0288. The van der Waals surface area contributed by atoms with Crippen molar-refractivity contribution >= 4 is 45.1 Å². The van der Waals surface area contributed by atoms with Crippen LogP contribution in [0.2, 0.25) is 0 Å². The molecule has 156 valence electrons. The zero-order chi connectivity index (χ0) is 22.0. The van der Waals surface area contributed by atoms with Gasteiger partial charge in [0, 0.05) is 23.9 Å². The SMILES string of the molecule is C=CCN1C(=O)C(CC(=O)c2ccc(C)c(C)c2)SC1=Nc1cccc2ccccc12. The van der Waals surface area contributed by atoms with Crippen LogP contribution in [0.4, 0.5) is 5.69 Å². The van der Waals surface area contributed by atoms with Crippen molar-refractivity contribution in [1.82, 2.24) is 4.90 Å². The fraction of sp³-hybridized carbons (Fsp3) is 0.192. The van der Waals surface area contributed by atoms with Gasteiger partial charge in [-0.2, -0.15) is 0 Å². The standard InChI is InChI=1S/C26H24N2O2S/c1-4-14-28-25(30)24(16-23(29)20-13-12-17(2)18(3)15-20)31-26(28)27-22-11-7-9-19-8-5-6-10-21(19)22/h4-13,15,24H,1,14,16H2,2-3H3. The molecule has 0 spiro atoms. The predicted molar refractivity (Wildman–Crippen MR) is 129 cm³/mol. The summed E-state index contributed by atoms with van der Waals surface area (Å²) in [6.45, 7) is 8.15. The van der Waals surface area contributed by atoms with Gasteiger partial charge in [0.25, 0.3) is 0 Å². The lowest BCUT2D eigenvalue weighted by atomic mass is 10.0. The number of ketones is 1. The normalized spacial score (nSPS) is 17.5. The van der Waals surface area contributed by atoms with Gasteiger partial charge in [-0.15, -0.1) is 6.58 Å². The fourth-order valence-corrected chi connectivity index (χ4v) is 4.79. The third-order valence-corrected chi connectivity index (χ3v) is 6.69. The molecule has 1 unspecified atom stereocenters. The van der Waals surface area contributed by atoms with Crippen molar-refractivity contribution in [1.29, 1.82) is 0 Å². The summed E-state index contributed by atoms with van der Waals surface area (Å²) < 4.78 is 0. The second-order valence-corrected chi connectivity index (χ2v) is 8.83. The van der Waals surface area contributed by atoms with E-state index in [2.05, 4.69) is 6.58 Å². The van der Waals surface area contributed by atoms with Crippen molar-refractivity contribution in [2.45, 2.75) is 25.5 Å². The molecule has 0 bridgehead atoms. The van der Waals surface area contributed by atoms with Gasteiger partial charge >= 0.3 is 0 Å². The number of benzene rings is 3. The van der Waals surface area contributed by atoms with Crippen LogP contribution in [0.3, 0.4) is 0 Å². The van der Waals surface area contributed by atoms with E-state index in [0.29, 0.717) is 17.3 Å². The first-order valence-electron chi connectivity index (χ1n) is 10.2. The summed E-state index contributed by atoms with van der Waals surface area (Å²) >= 11 is 1.36. The predicted octanol–water partition coefficient (Wildman–Crippen LogP) is 5.85. The number of fused-ring (bicyclic) bond motifs is 1. The van der Waals surface area contributed by atoms with Gasteiger partial charge in [-0.3, -0.25) is 14.5 Å². The maximum Gasteiger partial charge on any atom is 0.242 e. The monoisotopic (exact) mass is 428 g/mol. The second-order valence-electron chi connectivity index (χ2n) is 7.66. The highest BCUT2D eigenvalue weighted by Gasteiger charge is 2.38. The van der Waals surface area contributed by atoms with Crippen LogP contribution in [0, 0.1) is 13.8 Å². The van der Waals surface area contributed by atoms with Crippen molar-refractivity contribution in [3.63, 3.8) is 0 Å². The highest BCUT2D eigenvalue weighted by atomic mass is 32.2. The van der Waals surface area contributed by atoms with Crippen molar-refractivity contribution in [3.8, 4) is 0 Å². The number of rotatable bonds is 6. The maximum absolute atomic E-state index is 13.1. The quantitative estimate of drug-likeness (QED) is 0.366. The van der Waals surface area contributed by atoms with Gasteiger partial charge in [-0.1, -0.05) is 66.4 Å². The van der Waals surface area contributed by atoms with E-state index < -0.39 is 5.25 Å². The summed E-state index contributed by atoms with van der Waals surface area (Å²) in [4.78, 5) is 32.4. The number of aliphatic imine (C=N–C) groups is 1. The van der Waals surface area contributed by atoms with E-state index in [-0.39, 0.29) is 18.1 Å². The van der Waals surface area contributed by atoms with E-state index in [1.54, 1.807) is 11.0 Å². The number of carbonyl (C=O) groups is 2. The molecule has 0 radical (unpaired) electrons. The molecule has 0 N–H and O–H groups in total. The summed E-state index contributed by atoms with van der Waals surface area (Å²) in [7, 11) is 0. The Bertz CT molecular complexity index is 1210. The van der Waals surface area contributed by atoms with Gasteiger partial charge < -0.3 is 0 Å². The van der Waals surface area contributed by atoms with E-state index in [1.807, 2.05) is 74.5 Å². The van der Waals surface area contributed by atoms with Crippen LogP contribution in [0.25, 0.3) is 10.8 Å². The second kappa shape index (κ2) is 8.90. The molecule has 0 aromatic heterocycles. The molecule has 3 aromatic rings. The average Bonchev–Trinajstić information content (AvgIpc) is 3.05. The van der Waals surface area contributed by atoms with Gasteiger partial charge in [0.2, 0.25) is 5.91 Å². The van der Waals surface area contributed by atoms with Crippen molar-refractivity contribution < 1.29 is 9.59 Å². The molecule has 0 saturated carbocycles. The van der Waals surface area contributed by atoms with E-state index in [4.69, 9.17) is 4.99 Å². The summed E-state index contributed by atoms with van der Waals surface area (Å²) in [6.07, 6.45) is 1.83. The number of nitrogens with zero attached hydrogens (tertiary/aromatic N) is 2. The highest BCUT2D eigenvalue weighted by molar-refractivity contribution is 8.15. The Morgan fingerprint density at radius 3 is 2.65 bits per heavy atom. The lowest BCUT2D eigenvalue weighted by Crippen LogP contribution is -2.32. The topological polar surface area (TPSA) is 49.7 Å². The zero-order valence-electron chi connectivity index (χ0n) is 17.7. The van der Waals surface area contributed by atoms with Crippen LogP contribution >= 0.6 is 11.8 Å². The summed E-state index contributed by atoms with van der Waals surface area (Å²) in [5.74, 6) is -0.125. The molecule has 3 aromatic carbocycles. The number of amidine groups is 1. The number of amides is 1. The molecule has 5 heteroatoms. The molecule has 1 fully saturated rings. The molecule has 1 saturated heterocycles. The number of thioether (sulfide) groups is 1. The van der Waals surface area contributed by atoms with Gasteiger partial charge in [-0.05, 0) is 42.5 Å². The Balaban J connectivity index is 1.62. The summed E-state index contributed by atoms with van der Waals surface area (Å²) in [5, 5.41) is 2.25. The van der Waals surface area contributed by atoms with Crippen LogP contribution in [0.15, 0.2) is 78.3 Å². The molecule has 1 heterocycles. The van der Waals surface area contributed by atoms with Crippen LogP contribution in [0.5, 0.6) is 0 Å². The van der Waals surface area contributed by atoms with E-state index in [1.165, 1.54) is 11.8 Å². The Morgan fingerprint density at radius 2 is 1.87 bits per heavy atom. The van der Waals surface area contributed by atoms with Gasteiger partial charge in [0.1, 0.15) is 0 Å². The molecular formula is C26H24N2O2S. The molecule has 31 heavy (non-hydrogen) atoms. The smallest absolute Gasteiger partial charge is 0.242 e. The number of Topliss-reactive ketones (excluding diaryl/α,β-unsaturated/α-hetero) is 1. The van der Waals surface area contributed by atoms with Crippen LogP contribution in [-0.4, -0.2) is 33.6 Å². The molecule has 4 nitrogen and oxygen atoms in total. The van der Waals surface area contributed by atoms with Crippen LogP contribution < -0.4 is 0 Å². The van der Waals surface area contributed by atoms with E-state index >= 15 is 0 Å². The van der Waals surface area contributed by atoms with Gasteiger partial charge in [0.05, 0.1) is 10.9 Å². The Hall–Kier alpha value is -3.18.